The van der Waals surface area contributed by atoms with Crippen LogP contribution in [0.4, 0.5) is 4.79 Å². The van der Waals surface area contributed by atoms with Gasteiger partial charge in [-0.15, -0.1) is 0 Å². The van der Waals surface area contributed by atoms with Gasteiger partial charge in [0.25, 0.3) is 0 Å². The number of fused-ring (bicyclic) bond motifs is 1. The third-order valence-electron chi connectivity index (χ3n) is 7.20. The van der Waals surface area contributed by atoms with Gasteiger partial charge in [0.2, 0.25) is 11.8 Å². The molecule has 38 heavy (non-hydrogen) atoms. The molecule has 3 N–H and O–H groups in total. The van der Waals surface area contributed by atoms with Crippen LogP contribution in [0.3, 0.4) is 0 Å². The zero-order chi connectivity index (χ0) is 28.2. The fraction of sp³-hybridized carbons (Fsp3) is 0.478. The van der Waals surface area contributed by atoms with Gasteiger partial charge < -0.3 is 25.5 Å². The maximum atomic E-state index is 13.3. The van der Waals surface area contributed by atoms with Crippen LogP contribution in [0, 0.1) is 0 Å². The topological polar surface area (TPSA) is 191 Å². The molecule has 0 unspecified atom stereocenters. The van der Waals surface area contributed by atoms with E-state index in [2.05, 4.69) is 10.6 Å². The molecule has 0 aromatic heterocycles. The van der Waals surface area contributed by atoms with E-state index < -0.39 is 73.7 Å². The van der Waals surface area contributed by atoms with E-state index in [1.54, 1.807) is 25.1 Å². The Morgan fingerprint density at radius 2 is 1.71 bits per heavy atom. The summed E-state index contributed by atoms with van der Waals surface area (Å²) in [5.41, 5.74) is 0.256. The number of piperazine rings is 1. The van der Waals surface area contributed by atoms with Crippen LogP contribution in [0.25, 0.3) is 0 Å². The number of carbonyl (C=O) groups excluding carboxylic acids is 5. The van der Waals surface area contributed by atoms with Crippen LogP contribution in [0.5, 0.6) is 0 Å². The highest BCUT2D eigenvalue weighted by molar-refractivity contribution is 7.94. The molecule has 4 rings (SSSR count). The Labute approximate surface area is 217 Å². The number of hydrogen-bond acceptors (Lipinski definition) is 8. The number of β-lactam (4-membered cyclic amide) rings is 1. The molecule has 1 aromatic carbocycles. The Balaban J connectivity index is 1.57. The van der Waals surface area contributed by atoms with E-state index in [0.717, 1.165) is 4.90 Å². The third kappa shape index (κ3) is 3.97. The highest BCUT2D eigenvalue weighted by Crippen LogP contribution is 2.46. The van der Waals surface area contributed by atoms with E-state index in [-0.39, 0.29) is 25.2 Å². The molecule has 4 atom stereocenters. The molecule has 6 amide bonds. The second-order valence-electron chi connectivity index (χ2n) is 9.65. The average Bonchev–Trinajstić information content (AvgIpc) is 3.02. The van der Waals surface area contributed by atoms with Crippen LogP contribution in [0.2, 0.25) is 0 Å². The highest BCUT2D eigenvalue weighted by Gasteiger charge is 2.72. The second-order valence-corrected chi connectivity index (χ2v) is 12.3. The van der Waals surface area contributed by atoms with Gasteiger partial charge in [-0.05, 0) is 26.3 Å². The molecule has 0 saturated carbocycles. The van der Waals surface area contributed by atoms with Gasteiger partial charge in [-0.1, -0.05) is 30.3 Å². The molecule has 15 heteroatoms. The van der Waals surface area contributed by atoms with E-state index in [1.165, 1.54) is 30.9 Å². The standard InChI is InChI=1S/C23H27N5O9S/c1-4-26-10-11-27(19(32)18(26)31)22(35)25-13(12-8-6-5-7-9-12)16(29)24-14-17(30)28-15(21(33)34)23(2,3)38(36,37)20(14)28/h5-9,13-15,20H,4,10-11H2,1-3H3,(H,24,29)(H,25,35)(H,33,34)/t13-,14-,15+,20-/m1/s1. The van der Waals surface area contributed by atoms with Gasteiger partial charge in [-0.25, -0.2) is 18.0 Å². The molecule has 0 spiro atoms. The lowest BCUT2D eigenvalue weighted by atomic mass is 9.95. The number of hydrogen-bond donors (Lipinski definition) is 3. The summed E-state index contributed by atoms with van der Waals surface area (Å²) in [5, 5.41) is 12.7. The Morgan fingerprint density at radius 3 is 2.29 bits per heavy atom. The Kier molecular flexibility index (Phi) is 6.67. The molecule has 204 valence electrons. The summed E-state index contributed by atoms with van der Waals surface area (Å²) in [7, 11) is -4.21. The van der Waals surface area contributed by atoms with Crippen molar-refractivity contribution < 1.29 is 42.3 Å². The SMILES string of the molecule is CCN1CCN(C(=O)N[C@@H](C(=O)N[C@@H]2C(=O)N3[C@@H](C(=O)O)C(C)(C)S(=O)(=O)[C@H]23)c2ccccc2)C(=O)C1=O. The predicted octanol–water partition coefficient (Wildman–Crippen LogP) is -1.56. The second kappa shape index (κ2) is 9.38. The van der Waals surface area contributed by atoms with E-state index in [4.69, 9.17) is 0 Å². The first-order valence-electron chi connectivity index (χ1n) is 11.8. The summed E-state index contributed by atoms with van der Waals surface area (Å²) in [6.07, 6.45) is 0. The molecule has 3 fully saturated rings. The van der Waals surface area contributed by atoms with Gasteiger partial charge in [0, 0.05) is 19.6 Å². The fourth-order valence-electron chi connectivity index (χ4n) is 4.99. The first kappa shape index (κ1) is 27.0. The molecule has 0 radical (unpaired) electrons. The molecule has 0 bridgehead atoms. The molecule has 3 aliphatic rings. The number of amides is 6. The minimum atomic E-state index is -4.21. The van der Waals surface area contributed by atoms with Crippen molar-refractivity contribution in [3.8, 4) is 0 Å². The molecule has 14 nitrogen and oxygen atoms in total. The number of imide groups is 1. The van der Waals surface area contributed by atoms with Crippen molar-refractivity contribution in [3.05, 3.63) is 35.9 Å². The van der Waals surface area contributed by atoms with E-state index in [1.807, 2.05) is 0 Å². The summed E-state index contributed by atoms with van der Waals surface area (Å²) in [5.74, 6) is -5.26. The highest BCUT2D eigenvalue weighted by atomic mass is 32.2. The number of benzene rings is 1. The zero-order valence-corrected chi connectivity index (χ0v) is 21.6. The minimum absolute atomic E-state index is 0.102. The number of carboxylic acid groups (broad SMARTS) is 1. The molecule has 3 saturated heterocycles. The van der Waals surface area contributed by atoms with Gasteiger partial charge >= 0.3 is 23.8 Å². The smallest absolute Gasteiger partial charge is 0.328 e. The molecular weight excluding hydrogens is 522 g/mol. The number of rotatable bonds is 6. The number of carboxylic acids is 1. The van der Waals surface area contributed by atoms with Crippen LogP contribution < -0.4 is 10.6 Å². The lowest BCUT2D eigenvalue weighted by Crippen LogP contribution is -2.72. The number of aliphatic carboxylic acids is 1. The number of nitrogens with one attached hydrogen (secondary N) is 2. The van der Waals surface area contributed by atoms with E-state index >= 15 is 0 Å². The third-order valence-corrected chi connectivity index (χ3v) is 10.0. The minimum Gasteiger partial charge on any atom is -0.480 e. The summed E-state index contributed by atoms with van der Waals surface area (Å²) >= 11 is 0. The van der Waals surface area contributed by atoms with Crippen LogP contribution >= 0.6 is 0 Å². The lowest BCUT2D eigenvalue weighted by molar-refractivity contribution is -0.161. The van der Waals surface area contributed by atoms with Crippen LogP contribution in [0.15, 0.2) is 30.3 Å². The largest absolute Gasteiger partial charge is 0.480 e. The van der Waals surface area contributed by atoms with Crippen LogP contribution in [-0.4, -0.2) is 106 Å². The fourth-order valence-corrected chi connectivity index (χ4v) is 7.21. The number of sulfone groups is 1. The van der Waals surface area contributed by atoms with Gasteiger partial charge in [-0.2, -0.15) is 0 Å². The summed E-state index contributed by atoms with van der Waals surface area (Å²) in [6.45, 7) is 4.39. The van der Waals surface area contributed by atoms with Crippen LogP contribution in [-0.2, 0) is 33.8 Å². The number of nitrogens with zero attached hydrogens (tertiary/aromatic N) is 3. The Bertz CT molecular complexity index is 1330. The van der Waals surface area contributed by atoms with Crippen molar-refractivity contribution in [1.82, 2.24) is 25.3 Å². The van der Waals surface area contributed by atoms with Crippen LogP contribution in [0.1, 0.15) is 32.4 Å². The summed E-state index contributed by atoms with van der Waals surface area (Å²) in [4.78, 5) is 78.3. The summed E-state index contributed by atoms with van der Waals surface area (Å²) < 4.78 is 24.4. The van der Waals surface area contributed by atoms with Gasteiger partial charge in [0.1, 0.15) is 22.9 Å². The van der Waals surface area contributed by atoms with Crippen molar-refractivity contribution in [3.63, 3.8) is 0 Å². The quantitative estimate of drug-likeness (QED) is 0.278. The van der Waals surface area contributed by atoms with Gasteiger partial charge in [0.05, 0.1) is 0 Å². The monoisotopic (exact) mass is 549 g/mol. The number of carbonyl (C=O) groups is 6. The molecule has 3 heterocycles. The van der Waals surface area contributed by atoms with E-state index in [0.29, 0.717) is 4.90 Å². The van der Waals surface area contributed by atoms with Crippen molar-refractivity contribution in [2.24, 2.45) is 0 Å². The van der Waals surface area contributed by atoms with Crippen molar-refractivity contribution in [1.29, 1.82) is 0 Å². The summed E-state index contributed by atoms with van der Waals surface area (Å²) in [6, 6.07) is 2.11. The average molecular weight is 550 g/mol. The zero-order valence-electron chi connectivity index (χ0n) is 20.8. The van der Waals surface area contributed by atoms with Gasteiger partial charge in [-0.3, -0.25) is 24.1 Å². The van der Waals surface area contributed by atoms with Gasteiger partial charge in [0.15, 0.2) is 15.2 Å². The lowest BCUT2D eigenvalue weighted by Gasteiger charge is -2.43. The predicted molar refractivity (Wildman–Crippen MR) is 129 cm³/mol. The van der Waals surface area contributed by atoms with Crippen molar-refractivity contribution >= 4 is 45.5 Å². The Hall–Kier alpha value is -4.01. The molecule has 3 aliphatic heterocycles. The molecule has 0 aliphatic carbocycles. The number of likely N-dealkylation sites (N-methyl/N-ethyl adjacent to an activating group) is 1. The first-order chi connectivity index (χ1) is 17.8. The maximum absolute atomic E-state index is 13.3. The van der Waals surface area contributed by atoms with E-state index in [9.17, 15) is 42.3 Å². The van der Waals surface area contributed by atoms with Crippen molar-refractivity contribution in [2.75, 3.05) is 19.6 Å². The van der Waals surface area contributed by atoms with Crippen molar-refractivity contribution in [2.45, 2.75) is 49.0 Å². The molecular formula is C23H27N5O9S. The Morgan fingerprint density at radius 1 is 1.08 bits per heavy atom. The normalized spacial score (nSPS) is 26.3. The maximum Gasteiger partial charge on any atom is 0.328 e. The molecule has 1 aromatic rings. The first-order valence-corrected chi connectivity index (χ1v) is 13.3. The number of urea groups is 1.